The predicted octanol–water partition coefficient (Wildman–Crippen LogP) is 3.27. The minimum atomic E-state index is -0.0507. The third-order valence-electron chi connectivity index (χ3n) is 5.02. The van der Waals surface area contributed by atoms with Gasteiger partial charge in [0.15, 0.2) is 11.6 Å². The number of Topliss-reactive ketones (excluding diaryl/α,β-unsaturated/α-hetero) is 1. The lowest BCUT2D eigenvalue weighted by molar-refractivity contribution is -0.117. The molecule has 0 saturated heterocycles. The number of anilines is 3. The molecule has 30 heavy (non-hydrogen) atoms. The molecular formula is C21H23N7O2. The fourth-order valence-corrected chi connectivity index (χ4v) is 3.11. The van der Waals surface area contributed by atoms with Crippen molar-refractivity contribution in [2.45, 2.75) is 33.1 Å². The molecule has 3 aromatic rings. The van der Waals surface area contributed by atoms with Crippen molar-refractivity contribution in [3.8, 4) is 11.4 Å². The number of nitrogens with one attached hydrogen (secondary N) is 2. The predicted molar refractivity (Wildman–Crippen MR) is 112 cm³/mol. The maximum Gasteiger partial charge on any atom is 0.228 e. The monoisotopic (exact) mass is 405 g/mol. The summed E-state index contributed by atoms with van der Waals surface area (Å²) in [6.45, 7) is 3.71. The number of pyridine rings is 2. The van der Waals surface area contributed by atoms with Crippen molar-refractivity contribution in [1.29, 1.82) is 0 Å². The minimum Gasteiger partial charge on any atom is -0.339 e. The van der Waals surface area contributed by atoms with Crippen LogP contribution in [0.3, 0.4) is 0 Å². The molecule has 4 rings (SSSR count). The van der Waals surface area contributed by atoms with Crippen LogP contribution in [0.5, 0.6) is 0 Å². The molecule has 9 heteroatoms. The van der Waals surface area contributed by atoms with E-state index < -0.39 is 0 Å². The van der Waals surface area contributed by atoms with E-state index >= 15 is 0 Å². The molecule has 3 aromatic heterocycles. The second-order valence-electron chi connectivity index (χ2n) is 7.35. The Balaban J connectivity index is 1.68. The first-order chi connectivity index (χ1) is 14.5. The highest BCUT2D eigenvalue weighted by Crippen LogP contribution is 2.32. The molecule has 1 aliphatic carbocycles. The second kappa shape index (κ2) is 8.02. The molecule has 0 bridgehead atoms. The first kappa shape index (κ1) is 19.7. The summed E-state index contributed by atoms with van der Waals surface area (Å²) in [5.74, 6) is 1.55. The number of aromatic nitrogens is 5. The Morgan fingerprint density at radius 1 is 1.23 bits per heavy atom. The molecule has 0 spiro atoms. The topological polar surface area (TPSA) is 115 Å². The Labute approximate surface area is 174 Å². The van der Waals surface area contributed by atoms with E-state index in [0.29, 0.717) is 35.1 Å². The molecule has 2 N–H and O–H groups in total. The molecule has 9 nitrogen and oxygen atoms in total. The standard InChI is InChI=1S/C21H23N7O2/c1-4-17(29)15-10-23-18(26-21(30)13-5-6-13)9-16(15)25-19-12(2)14(7-8-22-19)20-24-11-28(3)27-20/h7-11,13H,4-6H2,1-3H3,(H2,22,23,25,26,30). The zero-order valence-electron chi connectivity index (χ0n) is 17.1. The number of hydrogen-bond acceptors (Lipinski definition) is 7. The van der Waals surface area contributed by atoms with Gasteiger partial charge < -0.3 is 10.6 Å². The van der Waals surface area contributed by atoms with Gasteiger partial charge >= 0.3 is 0 Å². The van der Waals surface area contributed by atoms with E-state index in [1.54, 1.807) is 30.2 Å². The molecule has 0 radical (unpaired) electrons. The van der Waals surface area contributed by atoms with Crippen molar-refractivity contribution in [2.75, 3.05) is 10.6 Å². The highest BCUT2D eigenvalue weighted by Gasteiger charge is 2.30. The summed E-state index contributed by atoms with van der Waals surface area (Å²) in [5, 5.41) is 10.4. The largest absolute Gasteiger partial charge is 0.339 e. The third kappa shape index (κ3) is 4.05. The van der Waals surface area contributed by atoms with E-state index in [1.165, 1.54) is 6.20 Å². The number of carbonyl (C=O) groups is 2. The maximum atomic E-state index is 12.4. The highest BCUT2D eigenvalue weighted by atomic mass is 16.2. The van der Waals surface area contributed by atoms with Gasteiger partial charge in [0.2, 0.25) is 5.91 Å². The van der Waals surface area contributed by atoms with Gasteiger partial charge in [-0.25, -0.2) is 15.0 Å². The smallest absolute Gasteiger partial charge is 0.228 e. The summed E-state index contributed by atoms with van der Waals surface area (Å²) in [4.78, 5) is 37.5. The quantitative estimate of drug-likeness (QED) is 0.580. The molecule has 0 aromatic carbocycles. The van der Waals surface area contributed by atoms with E-state index in [9.17, 15) is 9.59 Å². The van der Waals surface area contributed by atoms with Crippen molar-refractivity contribution in [1.82, 2.24) is 24.7 Å². The van der Waals surface area contributed by atoms with Crippen LogP contribution in [0, 0.1) is 12.8 Å². The average Bonchev–Trinajstić information content (AvgIpc) is 3.50. The molecule has 0 aliphatic heterocycles. The first-order valence-electron chi connectivity index (χ1n) is 9.89. The van der Waals surface area contributed by atoms with Crippen LogP contribution >= 0.6 is 0 Å². The average molecular weight is 405 g/mol. The van der Waals surface area contributed by atoms with E-state index in [1.807, 2.05) is 20.0 Å². The van der Waals surface area contributed by atoms with Crippen LogP contribution in [0.15, 0.2) is 30.9 Å². The fourth-order valence-electron chi connectivity index (χ4n) is 3.11. The Kier molecular flexibility index (Phi) is 5.26. The zero-order valence-corrected chi connectivity index (χ0v) is 17.1. The van der Waals surface area contributed by atoms with Gasteiger partial charge in [0.05, 0.1) is 11.3 Å². The number of aryl methyl sites for hydroxylation is 1. The Morgan fingerprint density at radius 3 is 2.70 bits per heavy atom. The van der Waals surface area contributed by atoms with E-state index in [0.717, 1.165) is 24.0 Å². The van der Waals surface area contributed by atoms with E-state index in [-0.39, 0.29) is 17.6 Å². The van der Waals surface area contributed by atoms with Crippen LogP contribution < -0.4 is 10.6 Å². The molecule has 0 atom stereocenters. The van der Waals surface area contributed by atoms with Crippen LogP contribution in [0.2, 0.25) is 0 Å². The maximum absolute atomic E-state index is 12.4. The summed E-state index contributed by atoms with van der Waals surface area (Å²) < 4.78 is 1.64. The van der Waals surface area contributed by atoms with Gasteiger partial charge in [-0.05, 0) is 25.8 Å². The van der Waals surface area contributed by atoms with Crippen LogP contribution in [0.4, 0.5) is 17.3 Å². The summed E-state index contributed by atoms with van der Waals surface area (Å²) in [6, 6.07) is 3.53. The first-order valence-corrected chi connectivity index (χ1v) is 9.89. The van der Waals surface area contributed by atoms with Gasteiger partial charge in [-0.2, -0.15) is 5.10 Å². The SMILES string of the molecule is CCC(=O)c1cnc(NC(=O)C2CC2)cc1Nc1nccc(-c2ncn(C)n2)c1C. The summed E-state index contributed by atoms with van der Waals surface area (Å²) in [6.07, 6.45) is 6.95. The van der Waals surface area contributed by atoms with Crippen molar-refractivity contribution < 1.29 is 9.59 Å². The number of amides is 1. The molecular weight excluding hydrogens is 382 g/mol. The lowest BCUT2D eigenvalue weighted by Gasteiger charge is -2.15. The summed E-state index contributed by atoms with van der Waals surface area (Å²) in [5.41, 5.74) is 2.68. The van der Waals surface area contributed by atoms with Crippen molar-refractivity contribution in [3.05, 3.63) is 42.0 Å². The van der Waals surface area contributed by atoms with Gasteiger partial charge in [0, 0.05) is 49.0 Å². The number of nitrogens with zero attached hydrogens (tertiary/aromatic N) is 5. The Morgan fingerprint density at radius 2 is 2.03 bits per heavy atom. The van der Waals surface area contributed by atoms with Crippen LogP contribution in [-0.2, 0) is 11.8 Å². The Hall–Kier alpha value is -3.62. The zero-order chi connectivity index (χ0) is 21.3. The van der Waals surface area contributed by atoms with Crippen molar-refractivity contribution in [3.63, 3.8) is 0 Å². The minimum absolute atomic E-state index is 0.0412. The normalized spacial score (nSPS) is 13.2. The molecule has 1 aliphatic rings. The van der Waals surface area contributed by atoms with Gasteiger partial charge in [0.1, 0.15) is 18.0 Å². The van der Waals surface area contributed by atoms with Crippen molar-refractivity contribution in [2.24, 2.45) is 13.0 Å². The van der Waals surface area contributed by atoms with E-state index in [4.69, 9.17) is 0 Å². The number of rotatable bonds is 7. The van der Waals surface area contributed by atoms with Gasteiger partial charge in [-0.1, -0.05) is 6.92 Å². The molecule has 0 unspecified atom stereocenters. The lowest BCUT2D eigenvalue weighted by atomic mass is 10.1. The van der Waals surface area contributed by atoms with Gasteiger partial charge in [-0.3, -0.25) is 14.3 Å². The molecule has 1 amide bonds. The van der Waals surface area contributed by atoms with Crippen LogP contribution in [0.25, 0.3) is 11.4 Å². The third-order valence-corrected chi connectivity index (χ3v) is 5.02. The second-order valence-corrected chi connectivity index (χ2v) is 7.35. The van der Waals surface area contributed by atoms with Gasteiger partial charge in [0.25, 0.3) is 0 Å². The lowest BCUT2D eigenvalue weighted by Crippen LogP contribution is -2.15. The number of carbonyl (C=O) groups excluding carboxylic acids is 2. The highest BCUT2D eigenvalue weighted by molar-refractivity contribution is 6.02. The van der Waals surface area contributed by atoms with Crippen LogP contribution in [0.1, 0.15) is 42.1 Å². The summed E-state index contributed by atoms with van der Waals surface area (Å²) in [7, 11) is 1.81. The van der Waals surface area contributed by atoms with Gasteiger partial charge in [-0.15, -0.1) is 0 Å². The number of ketones is 1. The molecule has 3 heterocycles. The van der Waals surface area contributed by atoms with Crippen LogP contribution in [-0.4, -0.2) is 36.4 Å². The number of hydrogen-bond donors (Lipinski definition) is 2. The summed E-state index contributed by atoms with van der Waals surface area (Å²) >= 11 is 0. The fraction of sp³-hybridized carbons (Fsp3) is 0.333. The van der Waals surface area contributed by atoms with Crippen molar-refractivity contribution >= 4 is 29.0 Å². The Bertz CT molecular complexity index is 1120. The van der Waals surface area contributed by atoms with E-state index in [2.05, 4.69) is 30.7 Å². The molecule has 154 valence electrons. The molecule has 1 fully saturated rings. The molecule has 1 saturated carbocycles.